The van der Waals surface area contributed by atoms with Gasteiger partial charge in [0, 0.05) is 55.7 Å². The predicted molar refractivity (Wildman–Crippen MR) is 130 cm³/mol. The minimum absolute atomic E-state index is 0.0911. The molecule has 1 aliphatic heterocycles. The van der Waals surface area contributed by atoms with E-state index in [1.165, 1.54) is 0 Å². The smallest absolute Gasteiger partial charge is 0.219 e. The number of methoxy groups -OCH3 is 1. The lowest BCUT2D eigenvalue weighted by molar-refractivity contribution is -0.134. The average molecular weight is 458 g/mol. The van der Waals surface area contributed by atoms with Gasteiger partial charge in [0.2, 0.25) is 5.91 Å². The van der Waals surface area contributed by atoms with Crippen LogP contribution in [0.5, 0.6) is 5.75 Å². The number of hydrogen-bond donors (Lipinski definition) is 1. The maximum Gasteiger partial charge on any atom is 0.219 e. The van der Waals surface area contributed by atoms with Gasteiger partial charge in [0.25, 0.3) is 0 Å². The first kappa shape index (κ1) is 21.8. The lowest BCUT2D eigenvalue weighted by Gasteiger charge is -2.38. The molecular weight excluding hydrogens is 430 g/mol. The number of benzene rings is 1. The normalized spacial score (nSPS) is 14.6. The van der Waals surface area contributed by atoms with Gasteiger partial charge in [-0.3, -0.25) is 4.79 Å². The van der Waals surface area contributed by atoms with Crippen LogP contribution in [0.25, 0.3) is 22.3 Å². The molecule has 0 bridgehead atoms. The van der Waals surface area contributed by atoms with Crippen LogP contribution in [0.15, 0.2) is 55.1 Å². The monoisotopic (exact) mass is 457 g/mol. The van der Waals surface area contributed by atoms with Crippen LogP contribution in [-0.4, -0.2) is 62.3 Å². The topological polar surface area (TPSA) is 98.1 Å². The summed E-state index contributed by atoms with van der Waals surface area (Å²) in [5.41, 5.74) is 3.65. The lowest BCUT2D eigenvalue weighted by atomic mass is 10.00. The number of aromatic nitrogens is 5. The molecule has 9 nitrogen and oxygen atoms in total. The number of anilines is 1. The largest absolute Gasteiger partial charge is 0.496 e. The van der Waals surface area contributed by atoms with Crippen molar-refractivity contribution in [1.29, 1.82) is 0 Å². The van der Waals surface area contributed by atoms with Crippen molar-refractivity contribution in [3.8, 4) is 17.0 Å². The van der Waals surface area contributed by atoms with E-state index in [2.05, 4.69) is 38.4 Å². The Bertz CT molecular complexity index is 1330. The fraction of sp³-hybridized carbons (Fsp3) is 0.320. The summed E-state index contributed by atoms with van der Waals surface area (Å²) < 4.78 is 7.40. The number of para-hydroxylation sites is 1. The van der Waals surface area contributed by atoms with E-state index in [1.54, 1.807) is 25.3 Å². The van der Waals surface area contributed by atoms with Crippen molar-refractivity contribution in [3.05, 3.63) is 60.7 Å². The highest BCUT2D eigenvalue weighted by atomic mass is 16.5. The summed E-state index contributed by atoms with van der Waals surface area (Å²) in [6, 6.07) is 12.2. The number of carbonyl (C=O) groups is 1. The summed E-state index contributed by atoms with van der Waals surface area (Å²) in [5, 5.41) is 8.87. The quantitative estimate of drug-likeness (QED) is 0.453. The third-order valence-corrected chi connectivity index (χ3v) is 6.31. The Kier molecular flexibility index (Phi) is 5.83. The average Bonchev–Trinajstić information content (AvgIpc) is 3.24. The zero-order chi connectivity index (χ0) is 23.7. The third kappa shape index (κ3) is 4.16. The molecule has 174 valence electrons. The van der Waals surface area contributed by atoms with Crippen molar-refractivity contribution in [2.45, 2.75) is 25.8 Å². The maximum atomic E-state index is 11.5. The van der Waals surface area contributed by atoms with Gasteiger partial charge in [-0.2, -0.15) is 5.10 Å². The number of amides is 1. The van der Waals surface area contributed by atoms with Crippen LogP contribution in [0.3, 0.4) is 0 Å². The Labute approximate surface area is 197 Å². The molecule has 0 radical (unpaired) electrons. The van der Waals surface area contributed by atoms with Gasteiger partial charge in [-0.05, 0) is 17.7 Å². The van der Waals surface area contributed by atoms with Gasteiger partial charge in [-0.25, -0.2) is 19.6 Å². The number of carbonyl (C=O) groups excluding carboxylic acids is 1. The Morgan fingerprint density at radius 1 is 1.18 bits per heavy atom. The number of likely N-dealkylation sites (tertiary alicyclic amines) is 1. The molecule has 1 atom stereocenters. The van der Waals surface area contributed by atoms with Crippen molar-refractivity contribution in [2.24, 2.45) is 0 Å². The Hall–Kier alpha value is -4.01. The van der Waals surface area contributed by atoms with Gasteiger partial charge in [0.15, 0.2) is 5.65 Å². The Balaban J connectivity index is 1.30. The first-order chi connectivity index (χ1) is 16.5. The van der Waals surface area contributed by atoms with E-state index in [-0.39, 0.29) is 17.9 Å². The number of hydrogen-bond acceptors (Lipinski definition) is 7. The Morgan fingerprint density at radius 3 is 2.79 bits per heavy atom. The molecule has 4 aromatic rings. The molecule has 1 fully saturated rings. The third-order valence-electron chi connectivity index (χ3n) is 6.31. The molecule has 0 spiro atoms. The molecule has 0 unspecified atom stereocenters. The number of ether oxygens (including phenoxy) is 1. The minimum atomic E-state index is 0.0911. The molecule has 0 saturated carbocycles. The highest BCUT2D eigenvalue weighted by Crippen LogP contribution is 2.28. The summed E-state index contributed by atoms with van der Waals surface area (Å²) in [6.07, 6.45) is 5.19. The number of rotatable bonds is 7. The number of fused-ring (bicyclic) bond motifs is 1. The molecule has 1 aliphatic rings. The summed E-state index contributed by atoms with van der Waals surface area (Å²) >= 11 is 0. The van der Waals surface area contributed by atoms with Gasteiger partial charge in [0.05, 0.1) is 25.0 Å². The second-order valence-corrected chi connectivity index (χ2v) is 8.62. The molecule has 9 heteroatoms. The van der Waals surface area contributed by atoms with E-state index >= 15 is 0 Å². The highest BCUT2D eigenvalue weighted by molar-refractivity contribution is 5.80. The molecule has 1 saturated heterocycles. The number of nitrogens with one attached hydrogen (secondary N) is 1. The summed E-state index contributed by atoms with van der Waals surface area (Å²) in [6.45, 7) is 5.79. The summed E-state index contributed by atoms with van der Waals surface area (Å²) in [5.74, 6) is 1.97. The molecule has 0 aliphatic carbocycles. The standard InChI is InChI=1S/C25H27N7O2/c1-16(21-6-4-5-7-23(21)34-3)10-26-24-9-22(28-15-29-24)18-8-19-12-30-32(25(19)27-11-18)20-13-31(14-20)17(2)33/h4-9,11-12,15-16,20H,10,13-14H2,1-3H3,(H,26,28,29)/t16-/m1/s1. The second-order valence-electron chi connectivity index (χ2n) is 8.62. The van der Waals surface area contributed by atoms with E-state index in [1.807, 2.05) is 47.4 Å². The van der Waals surface area contributed by atoms with Crippen molar-refractivity contribution in [2.75, 3.05) is 32.1 Å². The van der Waals surface area contributed by atoms with Crippen LogP contribution in [0.1, 0.15) is 31.4 Å². The molecule has 3 aromatic heterocycles. The fourth-order valence-electron chi connectivity index (χ4n) is 4.27. The van der Waals surface area contributed by atoms with Gasteiger partial charge in [-0.1, -0.05) is 25.1 Å². The van der Waals surface area contributed by atoms with Crippen molar-refractivity contribution in [3.63, 3.8) is 0 Å². The molecule has 1 amide bonds. The predicted octanol–water partition coefficient (Wildman–Crippen LogP) is 3.52. The van der Waals surface area contributed by atoms with E-state index < -0.39 is 0 Å². The number of nitrogens with zero attached hydrogens (tertiary/aromatic N) is 6. The zero-order valence-corrected chi connectivity index (χ0v) is 19.5. The fourth-order valence-corrected chi connectivity index (χ4v) is 4.27. The van der Waals surface area contributed by atoms with Crippen LogP contribution in [0, 0.1) is 0 Å². The van der Waals surface area contributed by atoms with Gasteiger partial charge in [0.1, 0.15) is 17.9 Å². The molecule has 1 N–H and O–H groups in total. The SMILES string of the molecule is COc1ccccc1[C@H](C)CNc1cc(-c2cnc3c(cnn3C3CN(C(C)=O)C3)c2)ncn1. The highest BCUT2D eigenvalue weighted by Gasteiger charge is 2.31. The summed E-state index contributed by atoms with van der Waals surface area (Å²) in [4.78, 5) is 26.8. The summed E-state index contributed by atoms with van der Waals surface area (Å²) in [7, 11) is 1.69. The molecular formula is C25H27N7O2. The second kappa shape index (κ2) is 9.09. The van der Waals surface area contributed by atoms with Crippen LogP contribution < -0.4 is 10.1 Å². The van der Waals surface area contributed by atoms with Crippen LogP contribution in [0.4, 0.5) is 5.82 Å². The first-order valence-corrected chi connectivity index (χ1v) is 11.3. The molecule has 5 rings (SSSR count). The van der Waals surface area contributed by atoms with Crippen molar-refractivity contribution >= 4 is 22.8 Å². The van der Waals surface area contributed by atoms with Crippen molar-refractivity contribution < 1.29 is 9.53 Å². The van der Waals surface area contributed by atoms with E-state index in [9.17, 15) is 4.79 Å². The first-order valence-electron chi connectivity index (χ1n) is 11.3. The van der Waals surface area contributed by atoms with Gasteiger partial charge < -0.3 is 15.0 Å². The van der Waals surface area contributed by atoms with Crippen LogP contribution in [0.2, 0.25) is 0 Å². The van der Waals surface area contributed by atoms with E-state index in [0.29, 0.717) is 19.6 Å². The Morgan fingerprint density at radius 2 is 2.00 bits per heavy atom. The molecule has 4 heterocycles. The number of pyridine rings is 1. The van der Waals surface area contributed by atoms with Gasteiger partial charge in [-0.15, -0.1) is 0 Å². The van der Waals surface area contributed by atoms with Crippen LogP contribution in [-0.2, 0) is 4.79 Å². The van der Waals surface area contributed by atoms with Gasteiger partial charge >= 0.3 is 0 Å². The molecule has 34 heavy (non-hydrogen) atoms. The van der Waals surface area contributed by atoms with E-state index in [4.69, 9.17) is 4.74 Å². The maximum absolute atomic E-state index is 11.5. The zero-order valence-electron chi connectivity index (χ0n) is 19.5. The van der Waals surface area contributed by atoms with Crippen molar-refractivity contribution in [1.82, 2.24) is 29.6 Å². The van der Waals surface area contributed by atoms with E-state index in [0.717, 1.165) is 39.4 Å². The lowest BCUT2D eigenvalue weighted by Crippen LogP contribution is -2.50. The van der Waals surface area contributed by atoms with Crippen LogP contribution >= 0.6 is 0 Å². The molecule has 1 aromatic carbocycles. The minimum Gasteiger partial charge on any atom is -0.496 e.